The van der Waals surface area contributed by atoms with Crippen LogP contribution in [0.25, 0.3) is 0 Å². The summed E-state index contributed by atoms with van der Waals surface area (Å²) in [6.45, 7) is 0. The zero-order valence-electron chi connectivity index (χ0n) is 12.7. The number of anilines is 1. The van der Waals surface area contributed by atoms with Crippen molar-refractivity contribution in [1.29, 1.82) is 0 Å². The number of nitrogens with zero attached hydrogens (tertiary/aromatic N) is 2. The van der Waals surface area contributed by atoms with E-state index in [1.165, 1.54) is 21.9 Å². The van der Waals surface area contributed by atoms with Crippen molar-refractivity contribution in [1.82, 2.24) is 4.90 Å². The van der Waals surface area contributed by atoms with Crippen LogP contribution < -0.4 is 4.90 Å². The van der Waals surface area contributed by atoms with Crippen LogP contribution in [0.1, 0.15) is 31.2 Å². The maximum absolute atomic E-state index is 12.9. The first-order chi connectivity index (χ1) is 10.3. The van der Waals surface area contributed by atoms with Crippen molar-refractivity contribution >= 4 is 11.7 Å². The molecule has 0 spiro atoms. The van der Waals surface area contributed by atoms with E-state index in [2.05, 4.69) is 0 Å². The van der Waals surface area contributed by atoms with Gasteiger partial charge in [0.05, 0.1) is 11.3 Å². The fraction of sp³-hybridized carbons (Fsp3) is 0.438. The van der Waals surface area contributed by atoms with Crippen LogP contribution >= 0.6 is 0 Å². The maximum atomic E-state index is 12.9. The highest BCUT2D eigenvalue weighted by Crippen LogP contribution is 2.34. The smallest absolute Gasteiger partial charge is 0.330 e. The van der Waals surface area contributed by atoms with Gasteiger partial charge in [0.15, 0.2) is 0 Å². The Labute approximate surface area is 128 Å². The van der Waals surface area contributed by atoms with Crippen LogP contribution in [0.15, 0.2) is 36.0 Å². The van der Waals surface area contributed by atoms with Gasteiger partial charge < -0.3 is 4.90 Å². The molecule has 1 aromatic rings. The Morgan fingerprint density at radius 1 is 1.18 bits per heavy atom. The van der Waals surface area contributed by atoms with Crippen LogP contribution in [0.2, 0.25) is 0 Å². The van der Waals surface area contributed by atoms with Gasteiger partial charge in [-0.25, -0.2) is 4.79 Å². The van der Waals surface area contributed by atoms with Gasteiger partial charge >= 0.3 is 12.2 Å². The third-order valence-electron chi connectivity index (χ3n) is 3.56. The number of hydrogen-bond acceptors (Lipinski definition) is 1. The van der Waals surface area contributed by atoms with E-state index in [1.54, 1.807) is 14.1 Å². The number of benzene rings is 1. The minimum atomic E-state index is -4.43. The number of allylic oxidation sites excluding steroid dienone is 2. The quantitative estimate of drug-likeness (QED) is 0.779. The number of amides is 2. The van der Waals surface area contributed by atoms with Gasteiger partial charge in [0.1, 0.15) is 0 Å². The van der Waals surface area contributed by atoms with E-state index >= 15 is 0 Å². The van der Waals surface area contributed by atoms with E-state index in [-0.39, 0.29) is 11.7 Å². The molecule has 2 rings (SSSR count). The van der Waals surface area contributed by atoms with Crippen molar-refractivity contribution < 1.29 is 18.0 Å². The highest BCUT2D eigenvalue weighted by atomic mass is 19.4. The Bertz CT molecular complexity index is 579. The molecule has 6 heteroatoms. The highest BCUT2D eigenvalue weighted by molar-refractivity contribution is 5.95. The number of hydrogen-bond donors (Lipinski definition) is 0. The monoisotopic (exact) mass is 312 g/mol. The molecule has 1 aliphatic rings. The van der Waals surface area contributed by atoms with Gasteiger partial charge in [0.2, 0.25) is 0 Å². The Hall–Kier alpha value is -1.98. The van der Waals surface area contributed by atoms with Crippen LogP contribution in [-0.4, -0.2) is 25.0 Å². The number of urea groups is 1. The Morgan fingerprint density at radius 3 is 2.45 bits per heavy atom. The zero-order chi connectivity index (χ0) is 16.3. The lowest BCUT2D eigenvalue weighted by atomic mass is 10.0. The van der Waals surface area contributed by atoms with Crippen molar-refractivity contribution in [2.24, 2.45) is 0 Å². The van der Waals surface area contributed by atoms with Crippen LogP contribution in [0.3, 0.4) is 0 Å². The van der Waals surface area contributed by atoms with Gasteiger partial charge in [-0.05, 0) is 43.9 Å². The summed E-state index contributed by atoms with van der Waals surface area (Å²) >= 11 is 0. The summed E-state index contributed by atoms with van der Waals surface area (Å²) < 4.78 is 38.7. The molecule has 0 N–H and O–H groups in total. The largest absolute Gasteiger partial charge is 0.416 e. The fourth-order valence-electron chi connectivity index (χ4n) is 2.44. The van der Waals surface area contributed by atoms with Crippen LogP contribution in [0.5, 0.6) is 0 Å². The number of alkyl halides is 3. The van der Waals surface area contributed by atoms with E-state index < -0.39 is 11.7 Å². The lowest BCUT2D eigenvalue weighted by Gasteiger charge is -2.30. The number of carbonyl (C=O) groups excluding carboxylic acids is 1. The Balaban J connectivity index is 2.45. The Morgan fingerprint density at radius 2 is 1.91 bits per heavy atom. The van der Waals surface area contributed by atoms with E-state index in [0.717, 1.165) is 37.1 Å². The van der Waals surface area contributed by atoms with Crippen LogP contribution in [-0.2, 0) is 6.18 Å². The number of carbonyl (C=O) groups is 1. The molecule has 0 heterocycles. The molecular formula is C16H19F3N2O. The molecule has 0 aliphatic heterocycles. The SMILES string of the molecule is CN(C)C(=O)N(C1=CCCCC1)c1cccc(C(F)(F)F)c1. The van der Waals surface area contributed by atoms with Gasteiger partial charge in [-0.15, -0.1) is 0 Å². The summed E-state index contributed by atoms with van der Waals surface area (Å²) in [4.78, 5) is 15.2. The first-order valence-corrected chi connectivity index (χ1v) is 7.18. The molecule has 2 amide bonds. The fourth-order valence-corrected chi connectivity index (χ4v) is 2.44. The second-order valence-electron chi connectivity index (χ2n) is 5.50. The van der Waals surface area contributed by atoms with Crippen molar-refractivity contribution in [2.75, 3.05) is 19.0 Å². The van der Waals surface area contributed by atoms with E-state index in [9.17, 15) is 18.0 Å². The average Bonchev–Trinajstić information content (AvgIpc) is 2.48. The molecular weight excluding hydrogens is 293 g/mol. The maximum Gasteiger partial charge on any atom is 0.416 e. The summed E-state index contributed by atoms with van der Waals surface area (Å²) in [7, 11) is 3.18. The second kappa shape index (κ2) is 6.42. The average molecular weight is 312 g/mol. The predicted molar refractivity (Wildman–Crippen MR) is 79.6 cm³/mol. The topological polar surface area (TPSA) is 23.6 Å². The summed E-state index contributed by atoms with van der Waals surface area (Å²) in [5, 5.41) is 0. The number of rotatable bonds is 2. The summed E-state index contributed by atoms with van der Waals surface area (Å²) in [6.07, 6.45) is 1.01. The molecule has 1 aromatic carbocycles. The van der Waals surface area contributed by atoms with E-state index in [1.807, 2.05) is 6.08 Å². The molecule has 0 saturated carbocycles. The minimum Gasteiger partial charge on any atom is -0.330 e. The van der Waals surface area contributed by atoms with Crippen molar-refractivity contribution in [3.63, 3.8) is 0 Å². The molecule has 0 bridgehead atoms. The summed E-state index contributed by atoms with van der Waals surface area (Å²) in [6, 6.07) is 4.56. The van der Waals surface area contributed by atoms with Gasteiger partial charge in [0.25, 0.3) is 0 Å². The molecule has 3 nitrogen and oxygen atoms in total. The number of halogens is 3. The first-order valence-electron chi connectivity index (χ1n) is 7.18. The molecule has 0 radical (unpaired) electrons. The molecule has 0 saturated heterocycles. The predicted octanol–water partition coefficient (Wildman–Crippen LogP) is 4.65. The van der Waals surface area contributed by atoms with Gasteiger partial charge in [-0.1, -0.05) is 12.1 Å². The van der Waals surface area contributed by atoms with Crippen molar-refractivity contribution in [3.8, 4) is 0 Å². The lowest BCUT2D eigenvalue weighted by Crippen LogP contribution is -2.39. The molecule has 0 aromatic heterocycles. The molecule has 1 aliphatic carbocycles. The molecule has 22 heavy (non-hydrogen) atoms. The minimum absolute atomic E-state index is 0.252. The van der Waals surface area contributed by atoms with Gasteiger partial charge in [-0.2, -0.15) is 13.2 Å². The second-order valence-corrected chi connectivity index (χ2v) is 5.50. The van der Waals surface area contributed by atoms with Crippen molar-refractivity contribution in [3.05, 3.63) is 41.6 Å². The molecule has 0 atom stereocenters. The molecule has 120 valence electrons. The third-order valence-corrected chi connectivity index (χ3v) is 3.56. The van der Waals surface area contributed by atoms with Crippen LogP contribution in [0.4, 0.5) is 23.7 Å². The highest BCUT2D eigenvalue weighted by Gasteiger charge is 2.32. The molecule has 0 fully saturated rings. The zero-order valence-corrected chi connectivity index (χ0v) is 12.7. The normalized spacial score (nSPS) is 15.2. The van der Waals surface area contributed by atoms with Gasteiger partial charge in [0, 0.05) is 19.8 Å². The first kappa shape index (κ1) is 16.4. The van der Waals surface area contributed by atoms with Crippen LogP contribution in [0, 0.1) is 0 Å². The van der Waals surface area contributed by atoms with Crippen molar-refractivity contribution in [2.45, 2.75) is 31.9 Å². The van der Waals surface area contributed by atoms with E-state index in [0.29, 0.717) is 6.42 Å². The standard InChI is InChI=1S/C16H19F3N2O/c1-20(2)15(22)21(13-8-4-3-5-9-13)14-10-6-7-12(11-14)16(17,18)19/h6-8,10-11H,3-5,9H2,1-2H3. The summed E-state index contributed by atoms with van der Waals surface area (Å²) in [5.74, 6) is 0. The Kier molecular flexibility index (Phi) is 4.78. The lowest BCUT2D eigenvalue weighted by molar-refractivity contribution is -0.137. The third kappa shape index (κ3) is 3.61. The summed E-state index contributed by atoms with van der Waals surface area (Å²) in [5.41, 5.74) is 0.268. The van der Waals surface area contributed by atoms with Gasteiger partial charge in [-0.3, -0.25) is 4.90 Å². The van der Waals surface area contributed by atoms with E-state index in [4.69, 9.17) is 0 Å². The molecule has 0 unspecified atom stereocenters.